The fourth-order valence-electron chi connectivity index (χ4n) is 2.42. The Morgan fingerprint density at radius 2 is 1.86 bits per heavy atom. The first-order valence-corrected chi connectivity index (χ1v) is 9.48. The van der Waals surface area contributed by atoms with Gasteiger partial charge in [0.15, 0.2) is 11.0 Å². The smallest absolute Gasteiger partial charge is 0.277 e. The number of H-pyrrole nitrogens is 1. The predicted molar refractivity (Wildman–Crippen MR) is 111 cm³/mol. The molecule has 1 amide bonds. The molecule has 28 heavy (non-hydrogen) atoms. The number of nitrogens with one attached hydrogen (secondary N) is 2. The van der Waals surface area contributed by atoms with Crippen molar-refractivity contribution in [2.24, 2.45) is 0 Å². The third kappa shape index (κ3) is 4.72. The Kier molecular flexibility index (Phi) is 6.00. The minimum Gasteiger partial charge on any atom is -0.497 e. The molecule has 8 heteroatoms. The number of benzene rings is 2. The van der Waals surface area contributed by atoms with E-state index in [0.29, 0.717) is 22.2 Å². The maximum absolute atomic E-state index is 12.4. The standard InChI is InChI=1S/C20H20N4O3S/c1-12-3-5-13(6-4-12)11-28-20-23-17(21)16(19(26)24-20)22-18(25)14-7-9-15(27-2)10-8-14/h3-10H,11H2,1-2H3,(H,22,25)(H3,21,23,24,26). The second-order valence-corrected chi connectivity index (χ2v) is 7.05. The molecule has 1 aromatic heterocycles. The first-order chi connectivity index (χ1) is 13.5. The van der Waals surface area contributed by atoms with Crippen molar-refractivity contribution in [1.82, 2.24) is 9.97 Å². The van der Waals surface area contributed by atoms with E-state index in [1.54, 1.807) is 31.4 Å². The molecule has 0 saturated carbocycles. The maximum atomic E-state index is 12.4. The molecule has 3 rings (SSSR count). The van der Waals surface area contributed by atoms with E-state index >= 15 is 0 Å². The summed E-state index contributed by atoms with van der Waals surface area (Å²) < 4.78 is 5.06. The van der Waals surface area contributed by atoms with Crippen molar-refractivity contribution < 1.29 is 9.53 Å². The molecule has 1 heterocycles. The van der Waals surface area contributed by atoms with E-state index in [0.717, 1.165) is 5.56 Å². The topological polar surface area (TPSA) is 110 Å². The third-order valence-electron chi connectivity index (χ3n) is 4.01. The van der Waals surface area contributed by atoms with Crippen LogP contribution < -0.4 is 21.3 Å². The van der Waals surface area contributed by atoms with Crippen molar-refractivity contribution in [3.8, 4) is 5.75 Å². The lowest BCUT2D eigenvalue weighted by Gasteiger charge is -2.09. The van der Waals surface area contributed by atoms with Gasteiger partial charge in [-0.05, 0) is 36.8 Å². The molecule has 0 bridgehead atoms. The molecule has 0 aliphatic heterocycles. The summed E-state index contributed by atoms with van der Waals surface area (Å²) >= 11 is 1.36. The molecule has 0 aliphatic rings. The second-order valence-electron chi connectivity index (χ2n) is 6.09. The Balaban J connectivity index is 1.71. The van der Waals surface area contributed by atoms with Crippen LogP contribution in [0.2, 0.25) is 0 Å². The molecule has 4 N–H and O–H groups in total. The van der Waals surface area contributed by atoms with Gasteiger partial charge in [0.2, 0.25) is 0 Å². The van der Waals surface area contributed by atoms with E-state index < -0.39 is 11.5 Å². The number of methoxy groups -OCH3 is 1. The summed E-state index contributed by atoms with van der Waals surface area (Å²) in [4.78, 5) is 31.6. The van der Waals surface area contributed by atoms with Crippen LogP contribution in [0.3, 0.4) is 0 Å². The largest absolute Gasteiger partial charge is 0.497 e. The number of nitrogens with zero attached hydrogens (tertiary/aromatic N) is 1. The van der Waals surface area contributed by atoms with E-state index in [9.17, 15) is 9.59 Å². The molecule has 0 spiro atoms. The number of thioether (sulfide) groups is 1. The number of anilines is 2. The van der Waals surface area contributed by atoms with Crippen LogP contribution in [-0.2, 0) is 5.75 Å². The number of nitrogen functional groups attached to an aromatic ring is 1. The van der Waals surface area contributed by atoms with Crippen molar-refractivity contribution in [3.05, 3.63) is 75.6 Å². The molecule has 2 aromatic carbocycles. The number of hydrogen-bond donors (Lipinski definition) is 3. The third-order valence-corrected chi connectivity index (χ3v) is 4.96. The summed E-state index contributed by atoms with van der Waals surface area (Å²) in [5, 5.41) is 2.91. The number of ether oxygens (including phenoxy) is 1. The predicted octanol–water partition coefficient (Wildman–Crippen LogP) is 3.21. The molecule has 0 unspecified atom stereocenters. The van der Waals surface area contributed by atoms with E-state index in [4.69, 9.17) is 10.5 Å². The van der Waals surface area contributed by atoms with Gasteiger partial charge in [-0.15, -0.1) is 0 Å². The Bertz CT molecular complexity index is 1030. The summed E-state index contributed by atoms with van der Waals surface area (Å²) in [6.45, 7) is 2.02. The average Bonchev–Trinajstić information content (AvgIpc) is 2.70. The van der Waals surface area contributed by atoms with Gasteiger partial charge in [0.05, 0.1) is 7.11 Å². The quantitative estimate of drug-likeness (QED) is 0.436. The Labute approximate surface area is 166 Å². The number of nitrogens with two attached hydrogens (primary N) is 1. The van der Waals surface area contributed by atoms with Crippen molar-refractivity contribution >= 4 is 29.2 Å². The monoisotopic (exact) mass is 396 g/mol. The lowest BCUT2D eigenvalue weighted by Crippen LogP contribution is -2.23. The Hall–Kier alpha value is -3.26. The number of carbonyl (C=O) groups excluding carboxylic acids is 1. The van der Waals surface area contributed by atoms with Crippen LogP contribution in [0.5, 0.6) is 5.75 Å². The van der Waals surface area contributed by atoms with Gasteiger partial charge in [-0.2, -0.15) is 0 Å². The van der Waals surface area contributed by atoms with Gasteiger partial charge in [-0.1, -0.05) is 41.6 Å². The van der Waals surface area contributed by atoms with Gasteiger partial charge in [0.25, 0.3) is 11.5 Å². The number of aromatic nitrogens is 2. The lowest BCUT2D eigenvalue weighted by molar-refractivity contribution is 0.102. The summed E-state index contributed by atoms with van der Waals surface area (Å²) in [5.41, 5.74) is 8.00. The van der Waals surface area contributed by atoms with E-state index in [-0.39, 0.29) is 11.5 Å². The summed E-state index contributed by atoms with van der Waals surface area (Å²) in [5.74, 6) is 0.782. The lowest BCUT2D eigenvalue weighted by atomic mass is 10.2. The zero-order chi connectivity index (χ0) is 20.1. The number of aromatic amines is 1. The highest BCUT2D eigenvalue weighted by Gasteiger charge is 2.14. The molecule has 0 aliphatic carbocycles. The van der Waals surface area contributed by atoms with Gasteiger partial charge < -0.3 is 15.8 Å². The van der Waals surface area contributed by atoms with Crippen molar-refractivity contribution in [2.45, 2.75) is 17.8 Å². The highest BCUT2D eigenvalue weighted by Crippen LogP contribution is 2.21. The minimum atomic E-state index is -0.499. The van der Waals surface area contributed by atoms with E-state index in [1.807, 2.05) is 31.2 Å². The first-order valence-electron chi connectivity index (χ1n) is 8.50. The summed E-state index contributed by atoms with van der Waals surface area (Å²) in [6.07, 6.45) is 0. The number of rotatable bonds is 6. The van der Waals surface area contributed by atoms with Crippen LogP contribution >= 0.6 is 11.8 Å². The van der Waals surface area contributed by atoms with Crippen LogP contribution in [-0.4, -0.2) is 23.0 Å². The van der Waals surface area contributed by atoms with Crippen LogP contribution in [0.1, 0.15) is 21.5 Å². The second kappa shape index (κ2) is 8.62. The van der Waals surface area contributed by atoms with Crippen LogP contribution in [0.4, 0.5) is 11.5 Å². The molecule has 0 fully saturated rings. The van der Waals surface area contributed by atoms with Crippen LogP contribution in [0.25, 0.3) is 0 Å². The van der Waals surface area contributed by atoms with Crippen molar-refractivity contribution in [1.29, 1.82) is 0 Å². The Morgan fingerprint density at radius 1 is 1.18 bits per heavy atom. The van der Waals surface area contributed by atoms with E-state index in [2.05, 4.69) is 15.3 Å². The Morgan fingerprint density at radius 3 is 2.46 bits per heavy atom. The highest BCUT2D eigenvalue weighted by atomic mass is 32.2. The number of aryl methyl sites for hydroxylation is 1. The fourth-order valence-corrected chi connectivity index (χ4v) is 3.25. The molecular formula is C20H20N4O3S. The first kappa shape index (κ1) is 19.5. The maximum Gasteiger partial charge on any atom is 0.277 e. The molecule has 7 nitrogen and oxygen atoms in total. The fraction of sp³-hybridized carbons (Fsp3) is 0.150. The van der Waals surface area contributed by atoms with Crippen molar-refractivity contribution in [2.75, 3.05) is 18.2 Å². The number of hydrogen-bond acceptors (Lipinski definition) is 6. The van der Waals surface area contributed by atoms with Gasteiger partial charge in [0, 0.05) is 11.3 Å². The molecule has 0 radical (unpaired) electrons. The van der Waals surface area contributed by atoms with Gasteiger partial charge >= 0.3 is 0 Å². The van der Waals surface area contributed by atoms with Crippen LogP contribution in [0.15, 0.2) is 58.5 Å². The normalized spacial score (nSPS) is 10.5. The molecule has 0 atom stereocenters. The molecule has 3 aromatic rings. The van der Waals surface area contributed by atoms with Crippen LogP contribution in [0, 0.1) is 6.92 Å². The van der Waals surface area contributed by atoms with Gasteiger partial charge in [0.1, 0.15) is 11.4 Å². The average molecular weight is 396 g/mol. The molecule has 0 saturated heterocycles. The summed E-state index contributed by atoms with van der Waals surface area (Å²) in [7, 11) is 1.54. The van der Waals surface area contributed by atoms with Gasteiger partial charge in [-0.3, -0.25) is 14.6 Å². The SMILES string of the molecule is COc1ccc(C(=O)Nc2c(N)nc(SCc3ccc(C)cc3)[nH]c2=O)cc1. The van der Waals surface area contributed by atoms with Crippen molar-refractivity contribution in [3.63, 3.8) is 0 Å². The zero-order valence-electron chi connectivity index (χ0n) is 15.5. The van der Waals surface area contributed by atoms with E-state index in [1.165, 1.54) is 17.3 Å². The summed E-state index contributed by atoms with van der Waals surface area (Å²) in [6, 6.07) is 14.6. The molecular weight excluding hydrogens is 376 g/mol. The highest BCUT2D eigenvalue weighted by molar-refractivity contribution is 7.98. The zero-order valence-corrected chi connectivity index (χ0v) is 16.3. The molecule has 144 valence electrons. The minimum absolute atomic E-state index is 0.0305. The number of amides is 1. The van der Waals surface area contributed by atoms with Gasteiger partial charge in [-0.25, -0.2) is 4.98 Å². The number of carbonyl (C=O) groups is 1.